The zero-order valence-electron chi connectivity index (χ0n) is 13.7. The molecule has 0 saturated carbocycles. The number of hydrogen-bond donors (Lipinski definition) is 0. The molecule has 1 saturated heterocycles. The van der Waals surface area contributed by atoms with Crippen LogP contribution in [0.15, 0.2) is 67.0 Å². The lowest BCUT2D eigenvalue weighted by atomic mass is 10.1. The van der Waals surface area contributed by atoms with Crippen LogP contribution in [-0.4, -0.2) is 45.5 Å². The van der Waals surface area contributed by atoms with Crippen LogP contribution in [0.2, 0.25) is 0 Å². The number of benzene rings is 2. The normalized spacial score (nSPS) is 14.2. The van der Waals surface area contributed by atoms with E-state index in [1.807, 2.05) is 42.5 Å². The molecule has 0 atom stereocenters. The molecule has 25 heavy (non-hydrogen) atoms. The SMILES string of the molecule is O=C(COc1ccc(-c2ccccc2)cc1)N1CC(n2nccn2)C1. The van der Waals surface area contributed by atoms with Crippen LogP contribution in [0.4, 0.5) is 0 Å². The second-order valence-electron chi connectivity index (χ2n) is 5.98. The Kier molecular flexibility index (Phi) is 4.16. The summed E-state index contributed by atoms with van der Waals surface area (Å²) in [4.78, 5) is 15.6. The lowest BCUT2D eigenvalue weighted by molar-refractivity contribution is -0.139. The van der Waals surface area contributed by atoms with Crippen LogP contribution in [0.1, 0.15) is 6.04 Å². The third-order valence-corrected chi connectivity index (χ3v) is 4.30. The lowest BCUT2D eigenvalue weighted by Crippen LogP contribution is -2.52. The van der Waals surface area contributed by atoms with Crippen molar-refractivity contribution in [3.8, 4) is 16.9 Å². The number of rotatable bonds is 5. The number of amides is 1. The maximum absolute atomic E-state index is 12.2. The van der Waals surface area contributed by atoms with E-state index in [0.717, 1.165) is 11.1 Å². The van der Waals surface area contributed by atoms with E-state index in [4.69, 9.17) is 4.74 Å². The molecule has 2 aromatic carbocycles. The first-order chi connectivity index (χ1) is 12.3. The lowest BCUT2D eigenvalue weighted by Gasteiger charge is -2.38. The van der Waals surface area contributed by atoms with E-state index in [2.05, 4.69) is 22.3 Å². The van der Waals surface area contributed by atoms with Gasteiger partial charge in [-0.15, -0.1) is 0 Å². The monoisotopic (exact) mass is 334 g/mol. The van der Waals surface area contributed by atoms with Gasteiger partial charge in [0.25, 0.3) is 5.91 Å². The molecule has 1 aromatic heterocycles. The zero-order chi connectivity index (χ0) is 17.1. The minimum atomic E-state index is -0.0180. The van der Waals surface area contributed by atoms with Gasteiger partial charge in [0, 0.05) is 13.1 Å². The number of nitrogens with zero attached hydrogens (tertiary/aromatic N) is 4. The fourth-order valence-electron chi connectivity index (χ4n) is 2.83. The Morgan fingerprint density at radius 2 is 1.60 bits per heavy atom. The minimum Gasteiger partial charge on any atom is -0.484 e. The van der Waals surface area contributed by atoms with Gasteiger partial charge in [0.05, 0.1) is 12.4 Å². The summed E-state index contributed by atoms with van der Waals surface area (Å²) in [5.74, 6) is 0.675. The van der Waals surface area contributed by atoms with Crippen LogP contribution in [-0.2, 0) is 4.79 Å². The molecule has 1 aliphatic rings. The maximum atomic E-state index is 12.2. The zero-order valence-corrected chi connectivity index (χ0v) is 13.7. The Morgan fingerprint density at radius 3 is 2.28 bits per heavy atom. The van der Waals surface area contributed by atoms with E-state index in [9.17, 15) is 4.79 Å². The van der Waals surface area contributed by atoms with Gasteiger partial charge >= 0.3 is 0 Å². The van der Waals surface area contributed by atoms with Crippen molar-refractivity contribution < 1.29 is 9.53 Å². The van der Waals surface area contributed by atoms with Crippen molar-refractivity contribution in [3.05, 3.63) is 67.0 Å². The molecule has 4 rings (SSSR count). The topological polar surface area (TPSA) is 60.2 Å². The highest BCUT2D eigenvalue weighted by atomic mass is 16.5. The molecule has 126 valence electrons. The third-order valence-electron chi connectivity index (χ3n) is 4.30. The summed E-state index contributed by atoms with van der Waals surface area (Å²) >= 11 is 0. The fourth-order valence-corrected chi connectivity index (χ4v) is 2.83. The average molecular weight is 334 g/mol. The van der Waals surface area contributed by atoms with Crippen LogP contribution in [0.5, 0.6) is 5.75 Å². The predicted octanol–water partition coefficient (Wildman–Crippen LogP) is 2.41. The van der Waals surface area contributed by atoms with E-state index in [1.54, 1.807) is 22.1 Å². The summed E-state index contributed by atoms with van der Waals surface area (Å²) < 4.78 is 5.61. The van der Waals surface area contributed by atoms with E-state index in [1.165, 1.54) is 0 Å². The van der Waals surface area contributed by atoms with Crippen molar-refractivity contribution in [1.29, 1.82) is 0 Å². The molecule has 0 aliphatic carbocycles. The minimum absolute atomic E-state index is 0.0180. The standard InChI is InChI=1S/C19H18N4O2/c24-19(22-12-17(13-22)23-20-10-11-21-23)14-25-18-8-6-16(7-9-18)15-4-2-1-3-5-15/h1-11,17H,12-14H2. The van der Waals surface area contributed by atoms with Gasteiger partial charge in [-0.05, 0) is 23.3 Å². The molecule has 6 nitrogen and oxygen atoms in total. The quantitative estimate of drug-likeness (QED) is 0.719. The van der Waals surface area contributed by atoms with Gasteiger partial charge in [0.2, 0.25) is 0 Å². The van der Waals surface area contributed by atoms with Gasteiger partial charge < -0.3 is 9.64 Å². The van der Waals surface area contributed by atoms with Gasteiger partial charge in [0.15, 0.2) is 6.61 Å². The van der Waals surface area contributed by atoms with Crippen LogP contribution >= 0.6 is 0 Å². The molecule has 1 amide bonds. The van der Waals surface area contributed by atoms with Crippen molar-refractivity contribution in [2.45, 2.75) is 6.04 Å². The molecule has 0 bridgehead atoms. The Labute approximate surface area is 145 Å². The van der Waals surface area contributed by atoms with E-state index >= 15 is 0 Å². The first kappa shape index (κ1) is 15.4. The van der Waals surface area contributed by atoms with Crippen molar-refractivity contribution in [3.63, 3.8) is 0 Å². The predicted molar refractivity (Wildman–Crippen MR) is 93.0 cm³/mol. The highest BCUT2D eigenvalue weighted by Gasteiger charge is 2.33. The molecule has 6 heteroatoms. The highest BCUT2D eigenvalue weighted by Crippen LogP contribution is 2.23. The number of carbonyl (C=O) groups excluding carboxylic acids is 1. The van der Waals surface area contributed by atoms with Crippen molar-refractivity contribution in [2.24, 2.45) is 0 Å². The Morgan fingerprint density at radius 1 is 0.960 bits per heavy atom. The number of likely N-dealkylation sites (tertiary alicyclic amines) is 1. The summed E-state index contributed by atoms with van der Waals surface area (Å²) in [6.45, 7) is 1.30. The van der Waals surface area contributed by atoms with Crippen molar-refractivity contribution in [2.75, 3.05) is 19.7 Å². The molecule has 2 heterocycles. The number of aromatic nitrogens is 3. The van der Waals surface area contributed by atoms with E-state index in [0.29, 0.717) is 18.8 Å². The summed E-state index contributed by atoms with van der Waals surface area (Å²) in [6, 6.07) is 18.1. The molecule has 3 aromatic rings. The Balaban J connectivity index is 1.28. The third kappa shape index (κ3) is 3.38. The summed E-state index contributed by atoms with van der Waals surface area (Å²) in [5.41, 5.74) is 2.28. The first-order valence-electron chi connectivity index (χ1n) is 8.21. The number of hydrogen-bond acceptors (Lipinski definition) is 4. The van der Waals surface area contributed by atoms with Crippen molar-refractivity contribution >= 4 is 5.91 Å². The van der Waals surface area contributed by atoms with Crippen LogP contribution < -0.4 is 4.74 Å². The summed E-state index contributed by atoms with van der Waals surface area (Å²) in [6.07, 6.45) is 3.29. The molecule has 1 fully saturated rings. The van der Waals surface area contributed by atoms with Gasteiger partial charge in [-0.2, -0.15) is 15.0 Å². The molecule has 1 aliphatic heterocycles. The van der Waals surface area contributed by atoms with Gasteiger partial charge in [-0.25, -0.2) is 0 Å². The molecule has 0 N–H and O–H groups in total. The second kappa shape index (κ2) is 6.76. The second-order valence-corrected chi connectivity index (χ2v) is 5.98. The molecule has 0 spiro atoms. The molecular weight excluding hydrogens is 316 g/mol. The summed E-state index contributed by atoms with van der Waals surface area (Å²) in [5, 5.41) is 8.19. The van der Waals surface area contributed by atoms with E-state index in [-0.39, 0.29) is 18.6 Å². The first-order valence-corrected chi connectivity index (χ1v) is 8.21. The van der Waals surface area contributed by atoms with Crippen LogP contribution in [0.25, 0.3) is 11.1 Å². The molecule has 0 radical (unpaired) electrons. The average Bonchev–Trinajstić information content (AvgIpc) is 3.14. The Bertz CT molecular complexity index is 826. The summed E-state index contributed by atoms with van der Waals surface area (Å²) in [7, 11) is 0. The smallest absolute Gasteiger partial charge is 0.260 e. The van der Waals surface area contributed by atoms with Crippen LogP contribution in [0, 0.1) is 0 Å². The maximum Gasteiger partial charge on any atom is 0.260 e. The fraction of sp³-hybridized carbons (Fsp3) is 0.211. The van der Waals surface area contributed by atoms with Gasteiger partial charge in [0.1, 0.15) is 11.8 Å². The molecule has 0 unspecified atom stereocenters. The Hall–Kier alpha value is -3.15. The number of carbonyl (C=O) groups is 1. The number of ether oxygens (including phenoxy) is 1. The van der Waals surface area contributed by atoms with E-state index < -0.39 is 0 Å². The largest absolute Gasteiger partial charge is 0.484 e. The van der Waals surface area contributed by atoms with Crippen LogP contribution in [0.3, 0.4) is 0 Å². The van der Waals surface area contributed by atoms with Crippen molar-refractivity contribution in [1.82, 2.24) is 19.9 Å². The molecular formula is C19H18N4O2. The van der Waals surface area contributed by atoms with Gasteiger partial charge in [-0.1, -0.05) is 42.5 Å². The van der Waals surface area contributed by atoms with Gasteiger partial charge in [-0.3, -0.25) is 4.79 Å². The highest BCUT2D eigenvalue weighted by molar-refractivity contribution is 5.78.